The summed E-state index contributed by atoms with van der Waals surface area (Å²) >= 11 is 6.55. The van der Waals surface area contributed by atoms with Crippen LogP contribution >= 0.6 is 11.6 Å². The highest BCUT2D eigenvalue weighted by atomic mass is 35.5. The van der Waals surface area contributed by atoms with Crippen molar-refractivity contribution in [3.05, 3.63) is 34.9 Å². The molecule has 2 saturated heterocycles. The molecule has 30 heavy (non-hydrogen) atoms. The maximum atomic E-state index is 6.55. The van der Waals surface area contributed by atoms with Crippen molar-refractivity contribution in [1.82, 2.24) is 10.6 Å². The number of rotatable bonds is 9. The molecule has 2 fully saturated rings. The standard InChI is InChI=1S/C23H36ClN3O3/c1-25-22(26-11-4-12-30-17-19-7-13-28-14-8-19)27-18-23(9-15-29-16-10-23)20-5-2-3-6-21(20)24/h2-3,5-6,19H,4,7-18H2,1H3,(H2,25,26,27). The third-order valence-electron chi connectivity index (χ3n) is 6.17. The highest BCUT2D eigenvalue weighted by Crippen LogP contribution is 2.38. The van der Waals surface area contributed by atoms with Gasteiger partial charge in [0.05, 0.1) is 0 Å². The van der Waals surface area contributed by atoms with Crippen LogP contribution in [0.15, 0.2) is 29.3 Å². The quantitative estimate of drug-likeness (QED) is 0.352. The number of hydrogen-bond donors (Lipinski definition) is 2. The predicted molar refractivity (Wildman–Crippen MR) is 122 cm³/mol. The monoisotopic (exact) mass is 437 g/mol. The molecular formula is C23H36ClN3O3. The summed E-state index contributed by atoms with van der Waals surface area (Å²) in [5, 5.41) is 7.75. The van der Waals surface area contributed by atoms with Gasteiger partial charge in [0.1, 0.15) is 0 Å². The van der Waals surface area contributed by atoms with E-state index in [9.17, 15) is 0 Å². The summed E-state index contributed by atoms with van der Waals surface area (Å²) in [6.45, 7) is 6.47. The summed E-state index contributed by atoms with van der Waals surface area (Å²) in [7, 11) is 1.81. The van der Waals surface area contributed by atoms with Crippen molar-refractivity contribution >= 4 is 17.6 Å². The van der Waals surface area contributed by atoms with Gasteiger partial charge >= 0.3 is 0 Å². The number of nitrogens with zero attached hydrogens (tertiary/aromatic N) is 1. The minimum atomic E-state index is -0.0406. The van der Waals surface area contributed by atoms with Gasteiger partial charge in [-0.05, 0) is 49.7 Å². The van der Waals surface area contributed by atoms with Crippen molar-refractivity contribution in [1.29, 1.82) is 0 Å². The van der Waals surface area contributed by atoms with E-state index >= 15 is 0 Å². The van der Waals surface area contributed by atoms with E-state index in [2.05, 4.69) is 27.8 Å². The Bertz CT molecular complexity index is 659. The number of nitrogens with one attached hydrogen (secondary N) is 2. The van der Waals surface area contributed by atoms with Crippen LogP contribution in [0.25, 0.3) is 0 Å². The van der Waals surface area contributed by atoms with E-state index in [-0.39, 0.29) is 5.41 Å². The molecule has 1 aromatic rings. The summed E-state index contributed by atoms with van der Waals surface area (Å²) in [5.41, 5.74) is 1.15. The van der Waals surface area contributed by atoms with E-state index in [1.807, 2.05) is 19.2 Å². The molecule has 0 atom stereocenters. The summed E-state index contributed by atoms with van der Waals surface area (Å²) in [6, 6.07) is 8.16. The fraction of sp³-hybridized carbons (Fsp3) is 0.696. The summed E-state index contributed by atoms with van der Waals surface area (Å²) in [6.07, 6.45) is 5.08. The molecule has 0 bridgehead atoms. The number of ether oxygens (including phenoxy) is 3. The number of halogens is 1. The zero-order valence-corrected chi connectivity index (χ0v) is 18.9. The number of aliphatic imine (C=N–C) groups is 1. The van der Waals surface area contributed by atoms with Gasteiger partial charge in [-0.2, -0.15) is 0 Å². The molecule has 1 aromatic carbocycles. The zero-order chi connectivity index (χ0) is 21.1. The lowest BCUT2D eigenvalue weighted by Gasteiger charge is -2.38. The Labute approximate surface area is 185 Å². The summed E-state index contributed by atoms with van der Waals surface area (Å²) < 4.78 is 16.9. The van der Waals surface area contributed by atoms with E-state index < -0.39 is 0 Å². The first-order valence-corrected chi connectivity index (χ1v) is 11.5. The van der Waals surface area contributed by atoms with Crippen molar-refractivity contribution in [2.24, 2.45) is 10.9 Å². The first-order chi connectivity index (χ1) is 14.7. The second-order valence-corrected chi connectivity index (χ2v) is 8.62. The molecule has 7 heteroatoms. The third-order valence-corrected chi connectivity index (χ3v) is 6.49. The Hall–Kier alpha value is -1.34. The van der Waals surface area contributed by atoms with Gasteiger partial charge in [-0.25, -0.2) is 0 Å². The molecule has 2 aliphatic rings. The third kappa shape index (κ3) is 6.84. The highest BCUT2D eigenvalue weighted by Gasteiger charge is 2.36. The van der Waals surface area contributed by atoms with Crippen LogP contribution in [-0.4, -0.2) is 65.7 Å². The molecular weight excluding hydrogens is 402 g/mol. The van der Waals surface area contributed by atoms with E-state index in [1.54, 1.807) is 0 Å². The molecule has 2 heterocycles. The zero-order valence-electron chi connectivity index (χ0n) is 18.1. The van der Waals surface area contributed by atoms with Crippen molar-refractivity contribution in [2.45, 2.75) is 37.5 Å². The lowest BCUT2D eigenvalue weighted by atomic mass is 9.74. The molecule has 0 saturated carbocycles. The first-order valence-electron chi connectivity index (χ1n) is 11.2. The molecule has 3 rings (SSSR count). The average molecular weight is 438 g/mol. The van der Waals surface area contributed by atoms with Gasteiger partial charge in [-0.3, -0.25) is 4.99 Å². The van der Waals surface area contributed by atoms with E-state index in [0.29, 0.717) is 5.92 Å². The van der Waals surface area contributed by atoms with Crippen molar-refractivity contribution in [2.75, 3.05) is 59.8 Å². The van der Waals surface area contributed by atoms with E-state index in [4.69, 9.17) is 25.8 Å². The fourth-order valence-corrected chi connectivity index (χ4v) is 4.55. The molecule has 0 radical (unpaired) electrons. The van der Waals surface area contributed by atoms with Crippen LogP contribution < -0.4 is 10.6 Å². The molecule has 0 amide bonds. The first kappa shape index (κ1) is 23.3. The Kier molecular flexibility index (Phi) is 9.72. The molecule has 0 aliphatic carbocycles. The van der Waals surface area contributed by atoms with Crippen LogP contribution in [0.3, 0.4) is 0 Å². The lowest BCUT2D eigenvalue weighted by Crippen LogP contribution is -2.48. The van der Waals surface area contributed by atoms with Gasteiger partial charge < -0.3 is 24.8 Å². The smallest absolute Gasteiger partial charge is 0.191 e. The van der Waals surface area contributed by atoms with Crippen LogP contribution in [0.4, 0.5) is 0 Å². The van der Waals surface area contributed by atoms with Crippen LogP contribution in [0.1, 0.15) is 37.7 Å². The van der Waals surface area contributed by atoms with Gasteiger partial charge in [-0.15, -0.1) is 0 Å². The molecule has 2 aliphatic heterocycles. The number of guanidine groups is 1. The van der Waals surface area contributed by atoms with Crippen LogP contribution in [-0.2, 0) is 19.6 Å². The van der Waals surface area contributed by atoms with Crippen LogP contribution in [0.5, 0.6) is 0 Å². The average Bonchev–Trinajstić information content (AvgIpc) is 2.79. The van der Waals surface area contributed by atoms with Gasteiger partial charge in [0.15, 0.2) is 5.96 Å². The lowest BCUT2D eigenvalue weighted by molar-refractivity contribution is 0.0203. The molecule has 168 valence electrons. The van der Waals surface area contributed by atoms with Crippen molar-refractivity contribution in [3.63, 3.8) is 0 Å². The van der Waals surface area contributed by atoms with Gasteiger partial charge in [0, 0.05) is 70.2 Å². The van der Waals surface area contributed by atoms with Crippen LogP contribution in [0, 0.1) is 5.92 Å². The van der Waals surface area contributed by atoms with Crippen LogP contribution in [0.2, 0.25) is 5.02 Å². The van der Waals surface area contributed by atoms with Crippen molar-refractivity contribution in [3.8, 4) is 0 Å². The van der Waals surface area contributed by atoms with E-state index in [0.717, 1.165) is 95.8 Å². The van der Waals surface area contributed by atoms with Gasteiger partial charge in [0.25, 0.3) is 0 Å². The molecule has 2 N–H and O–H groups in total. The van der Waals surface area contributed by atoms with Gasteiger partial charge in [-0.1, -0.05) is 29.8 Å². The molecule has 6 nitrogen and oxygen atoms in total. The van der Waals surface area contributed by atoms with Crippen molar-refractivity contribution < 1.29 is 14.2 Å². The minimum absolute atomic E-state index is 0.0406. The maximum absolute atomic E-state index is 6.55. The Morgan fingerprint density at radius 1 is 1.13 bits per heavy atom. The topological polar surface area (TPSA) is 64.1 Å². The Balaban J connectivity index is 1.41. The highest BCUT2D eigenvalue weighted by molar-refractivity contribution is 6.31. The molecule has 0 unspecified atom stereocenters. The second kappa shape index (κ2) is 12.5. The fourth-order valence-electron chi connectivity index (χ4n) is 4.21. The Morgan fingerprint density at radius 3 is 2.60 bits per heavy atom. The van der Waals surface area contributed by atoms with Gasteiger partial charge in [0.2, 0.25) is 0 Å². The SMILES string of the molecule is CN=C(NCCCOCC1CCOCC1)NCC1(c2ccccc2Cl)CCOCC1. The maximum Gasteiger partial charge on any atom is 0.191 e. The second-order valence-electron chi connectivity index (χ2n) is 8.21. The predicted octanol–water partition coefficient (Wildman–Crippen LogP) is 3.39. The largest absolute Gasteiger partial charge is 0.381 e. The van der Waals surface area contributed by atoms with E-state index in [1.165, 1.54) is 5.56 Å². The number of hydrogen-bond acceptors (Lipinski definition) is 4. The molecule has 0 aromatic heterocycles. The number of benzene rings is 1. The summed E-state index contributed by atoms with van der Waals surface area (Å²) in [5.74, 6) is 1.47. The summed E-state index contributed by atoms with van der Waals surface area (Å²) in [4.78, 5) is 4.39. The minimum Gasteiger partial charge on any atom is -0.381 e. The normalized spacial score (nSPS) is 20.1. The molecule has 0 spiro atoms. The Morgan fingerprint density at radius 2 is 1.87 bits per heavy atom.